The molecule has 0 fully saturated rings. The minimum atomic E-state index is -2.34. The van der Waals surface area contributed by atoms with Gasteiger partial charge in [-0.15, -0.1) is 0 Å². The number of aliphatic carboxylic acids is 1. The highest BCUT2D eigenvalue weighted by Crippen LogP contribution is 2.41. The molecular weight excluding hydrogens is 501 g/mol. The maximum Gasteiger partial charge on any atom is 0.410 e. The van der Waals surface area contributed by atoms with Crippen LogP contribution in [0.25, 0.3) is 0 Å². The van der Waals surface area contributed by atoms with Crippen molar-refractivity contribution in [1.29, 1.82) is 0 Å². The van der Waals surface area contributed by atoms with Crippen LogP contribution in [0.5, 0.6) is 0 Å². The van der Waals surface area contributed by atoms with Gasteiger partial charge in [-0.1, -0.05) is 32.9 Å². The van der Waals surface area contributed by atoms with E-state index >= 15 is 0 Å². The third-order valence-corrected chi connectivity index (χ3v) is 10.2. The summed E-state index contributed by atoms with van der Waals surface area (Å²) in [6, 6.07) is 6.31. The van der Waals surface area contributed by atoms with Crippen LogP contribution in [0.15, 0.2) is 24.3 Å². The normalized spacial score (nSPS) is 14.8. The molecule has 6 nitrogen and oxygen atoms in total. The first kappa shape index (κ1) is 25.9. The van der Waals surface area contributed by atoms with Crippen molar-refractivity contribution in [2.75, 3.05) is 7.05 Å². The number of carbonyl (C=O) groups is 2. The van der Waals surface area contributed by atoms with Gasteiger partial charge >= 0.3 is 12.1 Å². The maximum atomic E-state index is 12.7. The van der Waals surface area contributed by atoms with Gasteiger partial charge in [0.05, 0.1) is 0 Å². The number of halogens is 1. The molecule has 1 amide bonds. The number of carboxylic acids is 1. The van der Waals surface area contributed by atoms with E-state index in [0.29, 0.717) is 0 Å². The lowest BCUT2D eigenvalue weighted by molar-refractivity contribution is -0.146. The summed E-state index contributed by atoms with van der Waals surface area (Å²) in [4.78, 5) is 26.1. The van der Waals surface area contributed by atoms with Gasteiger partial charge in [0.15, 0.2) is 14.4 Å². The summed E-state index contributed by atoms with van der Waals surface area (Å²) >= 11 is 2.20. The summed E-state index contributed by atoms with van der Waals surface area (Å²) in [5.41, 5.74) is -0.00871. The molecule has 0 bridgehead atoms. The number of carboxylic acid groups (broad SMARTS) is 1. The zero-order valence-electron chi connectivity index (χ0n) is 18.9. The van der Waals surface area contributed by atoms with E-state index in [-0.39, 0.29) is 5.04 Å². The molecular formula is C21H34INO5Si. The lowest BCUT2D eigenvalue weighted by Crippen LogP contribution is -2.52. The number of nitrogens with zero attached hydrogens (tertiary/aromatic N) is 1. The van der Waals surface area contributed by atoms with Gasteiger partial charge in [-0.05, 0) is 79.2 Å². The van der Waals surface area contributed by atoms with Crippen LogP contribution < -0.4 is 0 Å². The minimum Gasteiger partial charge on any atom is -0.480 e. The summed E-state index contributed by atoms with van der Waals surface area (Å²) in [6.07, 6.45) is -1.51. The quantitative estimate of drug-likeness (QED) is 0.375. The molecule has 1 aromatic rings. The van der Waals surface area contributed by atoms with E-state index in [9.17, 15) is 14.7 Å². The van der Waals surface area contributed by atoms with Gasteiger partial charge in [0.1, 0.15) is 11.7 Å². The van der Waals surface area contributed by atoms with Gasteiger partial charge in [0, 0.05) is 10.6 Å². The standard InChI is InChI=1S/C21H34INO5Si/c1-20(2,3)27-19(26)23(7)16(18(24)25)17(14-10-12-15(22)13-11-14)28-29(8,9)21(4,5)6/h10-13,16-17H,1-9H3,(H,24,25)/t16-,17-/m0/s1. The average Bonchev–Trinajstić information content (AvgIpc) is 2.51. The fraction of sp³-hybridized carbons (Fsp3) is 0.619. The Morgan fingerprint density at radius 1 is 1.07 bits per heavy atom. The summed E-state index contributed by atoms with van der Waals surface area (Å²) in [5.74, 6) is -1.14. The maximum absolute atomic E-state index is 12.7. The molecule has 0 heterocycles. The van der Waals surface area contributed by atoms with Crippen LogP contribution >= 0.6 is 22.6 Å². The SMILES string of the molecule is CN(C(=O)OC(C)(C)C)[C@H](C(=O)O)[C@@H](O[Si](C)(C)C(C)(C)C)c1ccc(I)cc1. The van der Waals surface area contributed by atoms with Gasteiger partial charge in [0.2, 0.25) is 0 Å². The van der Waals surface area contributed by atoms with Crippen molar-refractivity contribution < 1.29 is 23.9 Å². The fourth-order valence-corrected chi connectivity index (χ4v) is 4.02. The van der Waals surface area contributed by atoms with Crippen molar-refractivity contribution in [2.45, 2.75) is 77.4 Å². The Morgan fingerprint density at radius 2 is 1.55 bits per heavy atom. The Kier molecular flexibility index (Phi) is 8.34. The first-order valence-electron chi connectivity index (χ1n) is 9.58. The third kappa shape index (κ3) is 7.25. The van der Waals surface area contributed by atoms with Crippen molar-refractivity contribution in [2.24, 2.45) is 0 Å². The molecule has 1 N–H and O–H groups in total. The number of benzene rings is 1. The lowest BCUT2D eigenvalue weighted by Gasteiger charge is -2.42. The molecule has 0 saturated heterocycles. The Labute approximate surface area is 189 Å². The number of rotatable bonds is 6. The highest BCUT2D eigenvalue weighted by Gasteiger charge is 2.45. The van der Waals surface area contributed by atoms with E-state index in [4.69, 9.17) is 9.16 Å². The molecule has 0 spiro atoms. The van der Waals surface area contributed by atoms with Crippen LogP contribution in [0.2, 0.25) is 18.1 Å². The summed E-state index contributed by atoms with van der Waals surface area (Å²) < 4.78 is 13.0. The zero-order chi connectivity index (χ0) is 22.8. The second kappa shape index (κ2) is 9.34. The lowest BCUT2D eigenvalue weighted by atomic mass is 10.0. The molecule has 0 aliphatic rings. The largest absolute Gasteiger partial charge is 0.480 e. The van der Waals surface area contributed by atoms with E-state index in [0.717, 1.165) is 14.0 Å². The minimum absolute atomic E-state index is 0.123. The molecule has 164 valence electrons. The Hall–Kier alpha value is -1.13. The smallest absolute Gasteiger partial charge is 0.410 e. The van der Waals surface area contributed by atoms with E-state index < -0.39 is 38.1 Å². The van der Waals surface area contributed by atoms with E-state index in [2.05, 4.69) is 56.5 Å². The van der Waals surface area contributed by atoms with E-state index in [1.165, 1.54) is 7.05 Å². The third-order valence-electron chi connectivity index (χ3n) is 5.06. The zero-order valence-corrected chi connectivity index (χ0v) is 22.0. The topological polar surface area (TPSA) is 76.1 Å². The summed E-state index contributed by atoms with van der Waals surface area (Å²) in [7, 11) is -0.898. The van der Waals surface area contributed by atoms with Crippen LogP contribution in [0.1, 0.15) is 53.2 Å². The second-order valence-corrected chi connectivity index (χ2v) is 15.7. The van der Waals surface area contributed by atoms with Crippen molar-refractivity contribution in [3.05, 3.63) is 33.4 Å². The molecule has 29 heavy (non-hydrogen) atoms. The fourth-order valence-electron chi connectivity index (χ4n) is 2.41. The molecule has 1 aromatic carbocycles. The van der Waals surface area contributed by atoms with Gasteiger partial charge in [-0.2, -0.15) is 0 Å². The van der Waals surface area contributed by atoms with Crippen LogP contribution in [0.3, 0.4) is 0 Å². The summed E-state index contributed by atoms with van der Waals surface area (Å²) in [6.45, 7) is 15.7. The number of likely N-dealkylation sites (N-methyl/N-ethyl adjacent to an activating group) is 1. The highest BCUT2D eigenvalue weighted by atomic mass is 127. The molecule has 0 unspecified atom stereocenters. The van der Waals surface area contributed by atoms with Gasteiger partial charge in [-0.3, -0.25) is 4.90 Å². The summed E-state index contributed by atoms with van der Waals surface area (Å²) in [5, 5.41) is 9.94. The van der Waals surface area contributed by atoms with Crippen LogP contribution in [-0.2, 0) is 14.0 Å². The molecule has 2 atom stereocenters. The van der Waals surface area contributed by atoms with Crippen molar-refractivity contribution in [3.8, 4) is 0 Å². The molecule has 1 rings (SSSR count). The Balaban J connectivity index is 3.44. The van der Waals surface area contributed by atoms with Crippen LogP contribution in [0.4, 0.5) is 4.79 Å². The molecule has 0 aliphatic carbocycles. The number of hydrogen-bond acceptors (Lipinski definition) is 4. The number of amides is 1. The molecule has 0 saturated carbocycles. The first-order chi connectivity index (χ1) is 13.0. The Bertz CT molecular complexity index is 722. The predicted octanol–water partition coefficient (Wildman–Crippen LogP) is 5.67. The highest BCUT2D eigenvalue weighted by molar-refractivity contribution is 14.1. The molecule has 0 aliphatic heterocycles. The number of hydrogen-bond donors (Lipinski definition) is 1. The van der Waals surface area contributed by atoms with Crippen LogP contribution in [0, 0.1) is 3.57 Å². The average molecular weight is 535 g/mol. The molecule has 8 heteroatoms. The van der Waals surface area contributed by atoms with Crippen LogP contribution in [-0.4, -0.2) is 49.1 Å². The predicted molar refractivity (Wildman–Crippen MR) is 126 cm³/mol. The van der Waals surface area contributed by atoms with E-state index in [1.54, 1.807) is 20.8 Å². The van der Waals surface area contributed by atoms with Gasteiger partial charge in [0.25, 0.3) is 0 Å². The van der Waals surface area contributed by atoms with E-state index in [1.807, 2.05) is 24.3 Å². The Morgan fingerprint density at radius 3 is 1.93 bits per heavy atom. The monoisotopic (exact) mass is 535 g/mol. The number of carbonyl (C=O) groups excluding carboxylic acids is 1. The van der Waals surface area contributed by atoms with Crippen molar-refractivity contribution in [1.82, 2.24) is 4.90 Å². The van der Waals surface area contributed by atoms with Crippen molar-refractivity contribution >= 4 is 43.0 Å². The number of ether oxygens (including phenoxy) is 1. The molecule has 0 aromatic heterocycles. The van der Waals surface area contributed by atoms with Crippen molar-refractivity contribution in [3.63, 3.8) is 0 Å². The van der Waals surface area contributed by atoms with Gasteiger partial charge in [-0.25, -0.2) is 9.59 Å². The second-order valence-electron chi connectivity index (χ2n) is 9.72. The molecule has 0 radical (unpaired) electrons. The first-order valence-corrected chi connectivity index (χ1v) is 13.6. The van der Waals surface area contributed by atoms with Gasteiger partial charge < -0.3 is 14.3 Å².